The van der Waals surface area contributed by atoms with Crippen LogP contribution in [0.5, 0.6) is 0 Å². The number of rotatable bonds is 11. The molecule has 0 fully saturated rings. The summed E-state index contributed by atoms with van der Waals surface area (Å²) < 4.78 is 18.0. The van der Waals surface area contributed by atoms with Gasteiger partial charge in [0, 0.05) is 13.2 Å². The lowest BCUT2D eigenvalue weighted by molar-refractivity contribution is -0.441. The molecule has 0 saturated heterocycles. The van der Waals surface area contributed by atoms with Crippen molar-refractivity contribution >= 4 is 0 Å². The van der Waals surface area contributed by atoms with Crippen molar-refractivity contribution in [3.63, 3.8) is 0 Å². The Morgan fingerprint density at radius 3 is 2.00 bits per heavy atom. The van der Waals surface area contributed by atoms with Crippen molar-refractivity contribution in [2.45, 2.75) is 52.6 Å². The van der Waals surface area contributed by atoms with E-state index in [-0.39, 0.29) is 0 Å². The Bertz CT molecular complexity index is 371. The van der Waals surface area contributed by atoms with Crippen LogP contribution in [0.2, 0.25) is 0 Å². The van der Waals surface area contributed by atoms with Crippen LogP contribution < -0.4 is 0 Å². The van der Waals surface area contributed by atoms with Crippen LogP contribution in [0.1, 0.15) is 46.5 Å². The molecule has 1 heterocycles. The van der Waals surface area contributed by atoms with E-state index >= 15 is 0 Å². The Morgan fingerprint density at radius 1 is 1.09 bits per heavy atom. The maximum atomic E-state index is 9.07. The number of hydrogen-bond acceptors (Lipinski definition) is 6. The van der Waals surface area contributed by atoms with E-state index in [1.165, 1.54) is 0 Å². The van der Waals surface area contributed by atoms with E-state index in [9.17, 15) is 0 Å². The maximum Gasteiger partial charge on any atom is 0.378 e. The van der Waals surface area contributed by atoms with Crippen LogP contribution >= 0.6 is 0 Å². The third kappa shape index (κ3) is 4.87. The number of nitriles is 1. The van der Waals surface area contributed by atoms with Crippen LogP contribution in [0, 0.1) is 11.3 Å². The highest BCUT2D eigenvalue weighted by Crippen LogP contribution is 2.31. The normalized spacial score (nSPS) is 15.1. The summed E-state index contributed by atoms with van der Waals surface area (Å²) in [6.07, 6.45) is 3.61. The molecule has 0 aromatic rings. The van der Waals surface area contributed by atoms with Gasteiger partial charge in [-0.3, -0.25) is 4.90 Å². The Kier molecular flexibility index (Phi) is 8.25. The van der Waals surface area contributed by atoms with E-state index in [4.69, 9.17) is 19.5 Å². The first kappa shape index (κ1) is 18.8. The summed E-state index contributed by atoms with van der Waals surface area (Å²) >= 11 is 0. The summed E-state index contributed by atoms with van der Waals surface area (Å²) in [5.41, 5.74) is 0.855. The quantitative estimate of drug-likeness (QED) is 0.547. The van der Waals surface area contributed by atoms with Gasteiger partial charge < -0.3 is 19.1 Å². The van der Waals surface area contributed by atoms with Crippen molar-refractivity contribution in [3.8, 4) is 6.07 Å². The van der Waals surface area contributed by atoms with Crippen molar-refractivity contribution in [2.24, 2.45) is 0 Å². The Hall–Kier alpha value is -1.29. The molecule has 0 saturated carbocycles. The fraction of sp³-hybridized carbons (Fsp3) is 0.812. The molecule has 6 heteroatoms. The molecule has 6 nitrogen and oxygen atoms in total. The lowest BCUT2D eigenvalue weighted by Gasteiger charge is -2.41. The zero-order valence-corrected chi connectivity index (χ0v) is 14.3. The zero-order chi connectivity index (χ0) is 16.4. The summed E-state index contributed by atoms with van der Waals surface area (Å²) in [7, 11) is 1.96. The van der Waals surface area contributed by atoms with Gasteiger partial charge in [-0.15, -0.1) is 0 Å². The standard InChI is InChI=1S/C16H29N3O3/c1-5-10-20-16(21-11-6-2,22-12-7-3)19-14-18(4)13-15(19)8-9-17/h13H,5-8,10-12,14H2,1-4H3. The largest absolute Gasteiger partial charge is 0.378 e. The lowest BCUT2D eigenvalue weighted by Crippen LogP contribution is -2.55. The molecule has 0 atom stereocenters. The summed E-state index contributed by atoms with van der Waals surface area (Å²) in [4.78, 5) is 3.92. The molecule has 0 spiro atoms. The van der Waals surface area contributed by atoms with Crippen LogP contribution in [0.25, 0.3) is 0 Å². The SMILES string of the molecule is CCCOC(OCCC)(OCCC)N1CN(C)C=C1CC#N. The first-order valence-corrected chi connectivity index (χ1v) is 8.10. The Morgan fingerprint density at radius 2 is 1.59 bits per heavy atom. The molecule has 0 N–H and O–H groups in total. The lowest BCUT2D eigenvalue weighted by atomic mass is 10.3. The molecule has 0 aromatic carbocycles. The first-order valence-electron chi connectivity index (χ1n) is 8.10. The number of ether oxygens (including phenoxy) is 3. The minimum absolute atomic E-state index is 0.298. The van der Waals surface area contributed by atoms with Crippen LogP contribution in [0.15, 0.2) is 11.9 Å². The fourth-order valence-corrected chi connectivity index (χ4v) is 2.22. The second-order valence-electron chi connectivity index (χ2n) is 5.35. The highest BCUT2D eigenvalue weighted by atomic mass is 16.9. The van der Waals surface area contributed by atoms with E-state index in [0.29, 0.717) is 32.9 Å². The molecule has 0 aliphatic carbocycles. The molecule has 126 valence electrons. The van der Waals surface area contributed by atoms with E-state index < -0.39 is 6.10 Å². The summed E-state index contributed by atoms with van der Waals surface area (Å²) in [5, 5.41) is 9.07. The average Bonchev–Trinajstić information content (AvgIpc) is 2.89. The van der Waals surface area contributed by atoms with Gasteiger partial charge in [0.15, 0.2) is 0 Å². The topological polar surface area (TPSA) is 58.0 Å². The molecule has 1 aliphatic rings. The van der Waals surface area contributed by atoms with Crippen molar-refractivity contribution in [2.75, 3.05) is 33.5 Å². The smallest absolute Gasteiger partial charge is 0.361 e. The molecule has 0 aromatic heterocycles. The van der Waals surface area contributed by atoms with E-state index in [1.54, 1.807) is 0 Å². The molecule has 0 bridgehead atoms. The van der Waals surface area contributed by atoms with Gasteiger partial charge in [0.05, 0.1) is 44.7 Å². The van der Waals surface area contributed by atoms with E-state index in [1.807, 2.05) is 43.8 Å². The molecular formula is C16H29N3O3. The minimum atomic E-state index is -1.24. The van der Waals surface area contributed by atoms with Gasteiger partial charge in [-0.25, -0.2) is 0 Å². The molecule has 0 unspecified atom stereocenters. The molecule has 0 radical (unpaired) electrons. The maximum absolute atomic E-state index is 9.07. The van der Waals surface area contributed by atoms with Gasteiger partial charge in [0.1, 0.15) is 0 Å². The van der Waals surface area contributed by atoms with Gasteiger partial charge in [-0.2, -0.15) is 5.26 Å². The number of allylic oxidation sites excluding steroid dienone is 1. The molecule has 1 aliphatic heterocycles. The highest BCUT2D eigenvalue weighted by Gasteiger charge is 2.44. The summed E-state index contributed by atoms with van der Waals surface area (Å²) in [5.74, 6) is 0. The minimum Gasteiger partial charge on any atom is -0.361 e. The van der Waals surface area contributed by atoms with Crippen LogP contribution in [-0.4, -0.2) is 49.4 Å². The van der Waals surface area contributed by atoms with E-state index in [2.05, 4.69) is 6.07 Å². The zero-order valence-electron chi connectivity index (χ0n) is 14.3. The van der Waals surface area contributed by atoms with Gasteiger partial charge >= 0.3 is 6.10 Å². The van der Waals surface area contributed by atoms with Crippen LogP contribution in [-0.2, 0) is 14.2 Å². The summed E-state index contributed by atoms with van der Waals surface area (Å²) in [6.45, 7) is 8.33. The number of nitrogens with zero attached hydrogens (tertiary/aromatic N) is 3. The third-order valence-electron chi connectivity index (χ3n) is 3.14. The van der Waals surface area contributed by atoms with Gasteiger partial charge in [-0.05, 0) is 19.3 Å². The predicted molar refractivity (Wildman–Crippen MR) is 84.2 cm³/mol. The Balaban J connectivity index is 3.03. The second-order valence-corrected chi connectivity index (χ2v) is 5.35. The molecule has 0 amide bonds. The first-order chi connectivity index (χ1) is 10.6. The number of hydrogen-bond donors (Lipinski definition) is 0. The van der Waals surface area contributed by atoms with Gasteiger partial charge in [0.25, 0.3) is 0 Å². The Labute approximate surface area is 134 Å². The van der Waals surface area contributed by atoms with Crippen molar-refractivity contribution in [1.29, 1.82) is 5.26 Å². The van der Waals surface area contributed by atoms with Crippen LogP contribution in [0.4, 0.5) is 0 Å². The third-order valence-corrected chi connectivity index (χ3v) is 3.14. The second kappa shape index (κ2) is 9.67. The molecular weight excluding hydrogens is 282 g/mol. The van der Waals surface area contributed by atoms with Crippen LogP contribution in [0.3, 0.4) is 0 Å². The van der Waals surface area contributed by atoms with Gasteiger partial charge in [0.2, 0.25) is 0 Å². The van der Waals surface area contributed by atoms with Gasteiger partial charge in [-0.1, -0.05) is 20.8 Å². The average molecular weight is 311 g/mol. The fourth-order valence-electron chi connectivity index (χ4n) is 2.22. The van der Waals surface area contributed by atoms with E-state index in [0.717, 1.165) is 25.0 Å². The predicted octanol–water partition coefficient (Wildman–Crippen LogP) is 2.84. The monoisotopic (exact) mass is 311 g/mol. The van der Waals surface area contributed by atoms with Crippen molar-refractivity contribution in [3.05, 3.63) is 11.9 Å². The molecule has 22 heavy (non-hydrogen) atoms. The highest BCUT2D eigenvalue weighted by molar-refractivity contribution is 5.11. The molecule has 1 rings (SSSR count). The van der Waals surface area contributed by atoms with Crippen molar-refractivity contribution < 1.29 is 14.2 Å². The summed E-state index contributed by atoms with van der Waals surface area (Å²) in [6, 6.07) is 2.20. The van der Waals surface area contributed by atoms with Crippen molar-refractivity contribution in [1.82, 2.24) is 9.80 Å².